The van der Waals surface area contributed by atoms with E-state index in [1.165, 1.54) is 6.26 Å². The molecule has 98 valence electrons. The van der Waals surface area contributed by atoms with Crippen LogP contribution in [-0.2, 0) is 10.0 Å². The Morgan fingerprint density at radius 2 is 2.12 bits per heavy atom. The molecule has 0 fully saturated rings. The van der Waals surface area contributed by atoms with Crippen molar-refractivity contribution in [2.45, 2.75) is 38.0 Å². The molecule has 1 unspecified atom stereocenters. The Bertz CT molecular complexity index is 431. The number of hydrogen-bond acceptors (Lipinski definition) is 4. The van der Waals surface area contributed by atoms with Gasteiger partial charge in [-0.1, -0.05) is 0 Å². The Kier molecular flexibility index (Phi) is 4.35. The van der Waals surface area contributed by atoms with E-state index in [0.717, 1.165) is 0 Å². The lowest BCUT2D eigenvalue weighted by atomic mass is 10.2. The number of sulfonamides is 1. The van der Waals surface area contributed by atoms with Crippen LogP contribution in [0.2, 0.25) is 0 Å². The highest BCUT2D eigenvalue weighted by molar-refractivity contribution is 7.90. The van der Waals surface area contributed by atoms with Crippen LogP contribution >= 0.6 is 0 Å². The minimum atomic E-state index is -3.47. The van der Waals surface area contributed by atoms with Crippen molar-refractivity contribution in [3.05, 3.63) is 24.2 Å². The summed E-state index contributed by atoms with van der Waals surface area (Å²) in [5.41, 5.74) is 0. The van der Waals surface area contributed by atoms with E-state index < -0.39 is 20.8 Å². The molecule has 0 aliphatic carbocycles. The predicted molar refractivity (Wildman–Crippen MR) is 65.0 cm³/mol. The maximum absolute atomic E-state index is 12.0. The first-order valence-corrected chi connectivity index (χ1v) is 6.92. The molecule has 0 aliphatic rings. The van der Waals surface area contributed by atoms with Gasteiger partial charge in [0.2, 0.25) is 10.0 Å². The molecule has 5 nitrogen and oxygen atoms in total. The van der Waals surface area contributed by atoms with Crippen LogP contribution in [0.4, 0.5) is 0 Å². The molecule has 1 aromatic rings. The molecule has 2 N–H and O–H groups in total. The zero-order valence-corrected chi connectivity index (χ0v) is 11.1. The SMILES string of the molecule is CC(C)(C)S(=O)(=O)NC(CCO)c1ccco1. The first-order chi connectivity index (χ1) is 7.78. The molecule has 1 rings (SSSR count). The van der Waals surface area contributed by atoms with Gasteiger partial charge in [0.15, 0.2) is 0 Å². The van der Waals surface area contributed by atoms with Crippen LogP contribution in [-0.4, -0.2) is 24.9 Å². The Morgan fingerprint density at radius 3 is 2.53 bits per heavy atom. The average molecular weight is 261 g/mol. The van der Waals surface area contributed by atoms with Crippen LogP contribution in [0.15, 0.2) is 22.8 Å². The van der Waals surface area contributed by atoms with Crippen LogP contribution in [0.3, 0.4) is 0 Å². The quantitative estimate of drug-likeness (QED) is 0.840. The number of furan rings is 1. The molecule has 0 spiro atoms. The number of hydrogen-bond donors (Lipinski definition) is 2. The van der Waals surface area contributed by atoms with E-state index in [-0.39, 0.29) is 13.0 Å². The van der Waals surface area contributed by atoms with Gasteiger partial charge >= 0.3 is 0 Å². The van der Waals surface area contributed by atoms with Gasteiger partial charge in [0, 0.05) is 6.61 Å². The van der Waals surface area contributed by atoms with Crippen molar-refractivity contribution < 1.29 is 17.9 Å². The van der Waals surface area contributed by atoms with Gasteiger partial charge in [0.1, 0.15) is 5.76 Å². The number of nitrogens with one attached hydrogen (secondary N) is 1. The molecule has 6 heteroatoms. The molecule has 0 amide bonds. The average Bonchev–Trinajstić information content (AvgIpc) is 2.67. The topological polar surface area (TPSA) is 79.5 Å². The van der Waals surface area contributed by atoms with E-state index in [1.54, 1.807) is 32.9 Å². The van der Waals surface area contributed by atoms with Gasteiger partial charge in [-0.25, -0.2) is 13.1 Å². The third kappa shape index (κ3) is 3.55. The molecule has 0 aliphatic heterocycles. The lowest BCUT2D eigenvalue weighted by Crippen LogP contribution is -2.41. The van der Waals surface area contributed by atoms with Crippen molar-refractivity contribution in [1.29, 1.82) is 0 Å². The van der Waals surface area contributed by atoms with Gasteiger partial charge in [-0.2, -0.15) is 0 Å². The van der Waals surface area contributed by atoms with Crippen molar-refractivity contribution in [3.63, 3.8) is 0 Å². The molecular formula is C11H19NO4S. The zero-order valence-electron chi connectivity index (χ0n) is 10.3. The second-order valence-electron chi connectivity index (χ2n) is 4.81. The summed E-state index contributed by atoms with van der Waals surface area (Å²) in [6, 6.07) is 2.84. The second-order valence-corrected chi connectivity index (χ2v) is 7.28. The van der Waals surface area contributed by atoms with Gasteiger partial charge in [0.25, 0.3) is 0 Å². The summed E-state index contributed by atoms with van der Waals surface area (Å²) < 4.78 is 30.8. The Hall–Kier alpha value is -0.850. The van der Waals surface area contributed by atoms with Crippen molar-refractivity contribution in [1.82, 2.24) is 4.72 Å². The first kappa shape index (κ1) is 14.2. The third-order valence-electron chi connectivity index (χ3n) is 2.41. The smallest absolute Gasteiger partial charge is 0.217 e. The lowest BCUT2D eigenvalue weighted by molar-refractivity contribution is 0.263. The molecule has 0 aromatic carbocycles. The van der Waals surface area contributed by atoms with Crippen LogP contribution in [0, 0.1) is 0 Å². The first-order valence-electron chi connectivity index (χ1n) is 5.44. The van der Waals surface area contributed by atoms with Gasteiger partial charge in [-0.3, -0.25) is 0 Å². The highest BCUT2D eigenvalue weighted by Gasteiger charge is 2.32. The Morgan fingerprint density at radius 1 is 1.47 bits per heavy atom. The molecule has 17 heavy (non-hydrogen) atoms. The summed E-state index contributed by atoms with van der Waals surface area (Å²) in [7, 11) is -3.47. The number of rotatable bonds is 5. The molecule has 1 atom stereocenters. The molecule has 0 saturated carbocycles. The number of aliphatic hydroxyl groups is 1. The standard InChI is InChI=1S/C11H19NO4S/c1-11(2,3)17(14,15)12-9(6-7-13)10-5-4-8-16-10/h4-5,8-9,12-13H,6-7H2,1-3H3. The second kappa shape index (κ2) is 5.20. The Balaban J connectivity index is 2.89. The molecule has 0 saturated heterocycles. The van der Waals surface area contributed by atoms with Crippen LogP contribution in [0.25, 0.3) is 0 Å². The fourth-order valence-electron chi connectivity index (χ4n) is 1.24. The summed E-state index contributed by atoms with van der Waals surface area (Å²) in [6.45, 7) is 4.74. The largest absolute Gasteiger partial charge is 0.468 e. The maximum Gasteiger partial charge on any atom is 0.217 e. The molecule has 1 heterocycles. The van der Waals surface area contributed by atoms with Crippen LogP contribution in [0.5, 0.6) is 0 Å². The number of aliphatic hydroxyl groups excluding tert-OH is 1. The van der Waals surface area contributed by atoms with Crippen LogP contribution < -0.4 is 4.72 Å². The highest BCUT2D eigenvalue weighted by atomic mass is 32.2. The summed E-state index contributed by atoms with van der Waals surface area (Å²) in [4.78, 5) is 0. The van der Waals surface area contributed by atoms with Gasteiger partial charge < -0.3 is 9.52 Å². The Labute approximate surface area is 102 Å². The van der Waals surface area contributed by atoms with E-state index in [9.17, 15) is 8.42 Å². The molecule has 0 radical (unpaired) electrons. The van der Waals surface area contributed by atoms with E-state index in [0.29, 0.717) is 5.76 Å². The van der Waals surface area contributed by atoms with Crippen molar-refractivity contribution in [2.24, 2.45) is 0 Å². The predicted octanol–water partition coefficient (Wildman–Crippen LogP) is 1.42. The monoisotopic (exact) mass is 261 g/mol. The minimum absolute atomic E-state index is 0.113. The van der Waals surface area contributed by atoms with E-state index in [4.69, 9.17) is 9.52 Å². The summed E-state index contributed by atoms with van der Waals surface area (Å²) in [5, 5.41) is 8.96. The van der Waals surface area contributed by atoms with Crippen molar-refractivity contribution >= 4 is 10.0 Å². The van der Waals surface area contributed by atoms with Gasteiger partial charge in [-0.15, -0.1) is 0 Å². The molecule has 1 aromatic heterocycles. The maximum atomic E-state index is 12.0. The summed E-state index contributed by atoms with van der Waals surface area (Å²) in [5.74, 6) is 0.506. The lowest BCUT2D eigenvalue weighted by Gasteiger charge is -2.23. The summed E-state index contributed by atoms with van der Waals surface area (Å²) in [6.07, 6.45) is 1.76. The van der Waals surface area contributed by atoms with Crippen LogP contribution in [0.1, 0.15) is 39.0 Å². The van der Waals surface area contributed by atoms with Gasteiger partial charge in [0.05, 0.1) is 17.1 Å². The fourth-order valence-corrected chi connectivity index (χ4v) is 2.20. The van der Waals surface area contributed by atoms with Crippen molar-refractivity contribution in [2.75, 3.05) is 6.61 Å². The van der Waals surface area contributed by atoms with E-state index >= 15 is 0 Å². The minimum Gasteiger partial charge on any atom is -0.468 e. The van der Waals surface area contributed by atoms with Crippen molar-refractivity contribution in [3.8, 4) is 0 Å². The highest BCUT2D eigenvalue weighted by Crippen LogP contribution is 2.22. The third-order valence-corrected chi connectivity index (χ3v) is 4.62. The summed E-state index contributed by atoms with van der Waals surface area (Å²) >= 11 is 0. The molecule has 0 bridgehead atoms. The zero-order chi connectivity index (χ0) is 13.1. The van der Waals surface area contributed by atoms with Gasteiger partial charge in [-0.05, 0) is 39.3 Å². The van der Waals surface area contributed by atoms with E-state index in [2.05, 4.69) is 4.72 Å². The fraction of sp³-hybridized carbons (Fsp3) is 0.636. The van der Waals surface area contributed by atoms with E-state index in [1.807, 2.05) is 0 Å². The normalized spacial score (nSPS) is 14.8. The molecular weight excluding hydrogens is 242 g/mol.